The second kappa shape index (κ2) is 11.4. The number of hydrogen-bond acceptors (Lipinski definition) is 4. The van der Waals surface area contributed by atoms with Crippen molar-refractivity contribution in [3.8, 4) is 16.9 Å². The molecule has 3 atom stereocenters. The van der Waals surface area contributed by atoms with Crippen LogP contribution in [0, 0.1) is 11.3 Å². The Kier molecular flexibility index (Phi) is 7.90. The summed E-state index contributed by atoms with van der Waals surface area (Å²) in [7, 11) is 0. The highest BCUT2D eigenvalue weighted by molar-refractivity contribution is 5.87. The fraction of sp³-hybridized carbons (Fsp3) is 0.312. The third-order valence-corrected chi connectivity index (χ3v) is 8.35. The number of primary amides is 1. The van der Waals surface area contributed by atoms with E-state index in [1.54, 1.807) is 23.1 Å². The molecule has 0 aliphatic heterocycles. The van der Waals surface area contributed by atoms with Gasteiger partial charge in [0.1, 0.15) is 6.04 Å². The van der Waals surface area contributed by atoms with Crippen molar-refractivity contribution in [3.63, 3.8) is 0 Å². The maximum absolute atomic E-state index is 13.2. The number of amides is 2. The molecule has 0 saturated heterocycles. The minimum atomic E-state index is -4.44. The van der Waals surface area contributed by atoms with Gasteiger partial charge in [0, 0.05) is 42.4 Å². The Morgan fingerprint density at radius 1 is 1.07 bits per heavy atom. The van der Waals surface area contributed by atoms with Crippen molar-refractivity contribution in [2.24, 2.45) is 17.1 Å². The van der Waals surface area contributed by atoms with Crippen LogP contribution in [0.4, 0.5) is 13.2 Å². The van der Waals surface area contributed by atoms with Crippen molar-refractivity contribution in [1.82, 2.24) is 20.1 Å². The highest BCUT2D eigenvalue weighted by Gasteiger charge is 2.50. The standard InChI is InChI=1S/C32H32F3N5O2/c1-31(2)23(17-29(41)38-27(30(36)42)15-20-7-4-3-5-8-20)16-25(31)28-18-26(21-9-6-14-37-19-21)39-40(28)24-12-10-22(11-13-24)32(33,34)35/h3-14,18-19,23,25,27H,15-17H2,1-2H3,(H2,36,42)(H,38,41)/t23-,25-,27+/m1/s1. The van der Waals surface area contributed by atoms with Gasteiger partial charge in [0.2, 0.25) is 11.8 Å². The molecule has 2 aromatic heterocycles. The quantitative estimate of drug-likeness (QED) is 0.268. The molecule has 2 heterocycles. The SMILES string of the molecule is CC1(C)[C@@H](CC(=O)N[C@@H](Cc2ccccc2)C(N)=O)C[C@@H]1c1cc(-c2cccnc2)nn1-c1ccc(C(F)(F)F)cc1. The average molecular weight is 576 g/mol. The van der Waals surface area contributed by atoms with E-state index < -0.39 is 23.7 Å². The lowest BCUT2D eigenvalue weighted by molar-refractivity contribution is -0.137. The Hall–Kier alpha value is -4.47. The summed E-state index contributed by atoms with van der Waals surface area (Å²) in [5.41, 5.74) is 8.20. The number of halogens is 3. The Balaban J connectivity index is 1.36. The molecule has 1 aliphatic carbocycles. The molecule has 218 valence electrons. The fourth-order valence-electron chi connectivity index (χ4n) is 5.71. The van der Waals surface area contributed by atoms with E-state index in [2.05, 4.69) is 24.1 Å². The van der Waals surface area contributed by atoms with Gasteiger partial charge < -0.3 is 11.1 Å². The molecule has 0 bridgehead atoms. The number of nitrogens with two attached hydrogens (primary N) is 1. The molecule has 10 heteroatoms. The average Bonchev–Trinajstić information content (AvgIpc) is 3.40. The van der Waals surface area contributed by atoms with Crippen LogP contribution in [0.1, 0.15) is 49.4 Å². The summed E-state index contributed by atoms with van der Waals surface area (Å²) in [6.07, 6.45) is 0.0926. The van der Waals surface area contributed by atoms with Gasteiger partial charge in [0.15, 0.2) is 0 Å². The maximum atomic E-state index is 13.2. The lowest BCUT2D eigenvalue weighted by Gasteiger charge is -2.52. The first-order valence-electron chi connectivity index (χ1n) is 13.7. The molecule has 0 spiro atoms. The molecule has 1 aliphatic rings. The largest absolute Gasteiger partial charge is 0.416 e. The number of carbonyl (C=O) groups excluding carboxylic acids is 2. The normalized spacial score (nSPS) is 18.6. The minimum absolute atomic E-state index is 0.00514. The van der Waals surface area contributed by atoms with Crippen molar-refractivity contribution >= 4 is 11.8 Å². The van der Waals surface area contributed by atoms with E-state index >= 15 is 0 Å². The van der Waals surface area contributed by atoms with Crippen molar-refractivity contribution in [2.45, 2.75) is 51.2 Å². The first-order valence-corrected chi connectivity index (χ1v) is 13.7. The monoisotopic (exact) mass is 575 g/mol. The van der Waals surface area contributed by atoms with Crippen LogP contribution >= 0.6 is 0 Å². The first kappa shape index (κ1) is 29.0. The highest BCUT2D eigenvalue weighted by Crippen LogP contribution is 2.58. The molecule has 42 heavy (non-hydrogen) atoms. The number of aromatic nitrogens is 3. The van der Waals surface area contributed by atoms with Crippen molar-refractivity contribution in [2.75, 3.05) is 0 Å². The number of carbonyl (C=O) groups is 2. The van der Waals surface area contributed by atoms with Crippen LogP contribution in [0.5, 0.6) is 0 Å². The molecule has 1 fully saturated rings. The van der Waals surface area contributed by atoms with Crippen LogP contribution in [-0.4, -0.2) is 32.6 Å². The fourth-order valence-corrected chi connectivity index (χ4v) is 5.71. The van der Waals surface area contributed by atoms with Gasteiger partial charge in [-0.15, -0.1) is 0 Å². The summed E-state index contributed by atoms with van der Waals surface area (Å²) in [6, 6.07) is 19.1. The summed E-state index contributed by atoms with van der Waals surface area (Å²) < 4.78 is 41.3. The van der Waals surface area contributed by atoms with E-state index in [4.69, 9.17) is 10.8 Å². The van der Waals surface area contributed by atoms with E-state index in [-0.39, 0.29) is 29.6 Å². The lowest BCUT2D eigenvalue weighted by Crippen LogP contribution is -2.49. The zero-order valence-electron chi connectivity index (χ0n) is 23.3. The van der Waals surface area contributed by atoms with E-state index in [0.29, 0.717) is 24.2 Å². The number of rotatable bonds is 9. The van der Waals surface area contributed by atoms with Crippen molar-refractivity contribution < 1.29 is 22.8 Å². The van der Waals surface area contributed by atoms with E-state index in [1.807, 2.05) is 42.5 Å². The van der Waals surface area contributed by atoms with Gasteiger partial charge in [-0.2, -0.15) is 18.3 Å². The van der Waals surface area contributed by atoms with Gasteiger partial charge in [-0.1, -0.05) is 44.2 Å². The maximum Gasteiger partial charge on any atom is 0.416 e. The second-order valence-electron chi connectivity index (χ2n) is 11.4. The molecule has 3 N–H and O–H groups in total. The van der Waals surface area contributed by atoms with Gasteiger partial charge in [0.25, 0.3) is 0 Å². The smallest absolute Gasteiger partial charge is 0.368 e. The summed E-state index contributed by atoms with van der Waals surface area (Å²) >= 11 is 0. The van der Waals surface area contributed by atoms with Crippen molar-refractivity contribution in [1.29, 1.82) is 0 Å². The number of pyridine rings is 1. The highest BCUT2D eigenvalue weighted by atomic mass is 19.4. The van der Waals surface area contributed by atoms with Gasteiger partial charge in [-0.3, -0.25) is 14.6 Å². The van der Waals surface area contributed by atoms with E-state index in [0.717, 1.165) is 29.0 Å². The number of hydrogen-bond donors (Lipinski definition) is 2. The minimum Gasteiger partial charge on any atom is -0.368 e. The van der Waals surface area contributed by atoms with Gasteiger partial charge >= 0.3 is 6.18 Å². The summed E-state index contributed by atoms with van der Waals surface area (Å²) in [5, 5.41) is 7.57. The molecule has 0 radical (unpaired) electrons. The predicted octanol–water partition coefficient (Wildman–Crippen LogP) is 5.69. The third kappa shape index (κ3) is 6.07. The van der Waals surface area contributed by atoms with Crippen LogP contribution in [0.15, 0.2) is 85.2 Å². The molecule has 7 nitrogen and oxygen atoms in total. The third-order valence-electron chi connectivity index (χ3n) is 8.35. The molecule has 4 aromatic rings. The number of alkyl halides is 3. The summed E-state index contributed by atoms with van der Waals surface area (Å²) in [4.78, 5) is 29.3. The predicted molar refractivity (Wildman–Crippen MR) is 152 cm³/mol. The van der Waals surface area contributed by atoms with Crippen LogP contribution in [0.25, 0.3) is 16.9 Å². The number of nitrogens with one attached hydrogen (secondary N) is 1. The number of nitrogens with zero attached hydrogens (tertiary/aromatic N) is 3. The number of benzene rings is 2. The molecule has 5 rings (SSSR count). The molecule has 0 unspecified atom stereocenters. The molecular formula is C32H32F3N5O2. The van der Waals surface area contributed by atoms with Crippen molar-refractivity contribution in [3.05, 3.63) is 102 Å². The zero-order chi connectivity index (χ0) is 30.1. The molecule has 2 amide bonds. The Bertz CT molecular complexity index is 1550. The first-order chi connectivity index (χ1) is 19.9. The van der Waals surface area contributed by atoms with E-state index in [1.165, 1.54) is 12.1 Å². The summed E-state index contributed by atoms with van der Waals surface area (Å²) in [6.45, 7) is 4.14. The van der Waals surface area contributed by atoms with Gasteiger partial charge in [0.05, 0.1) is 16.9 Å². The second-order valence-corrected chi connectivity index (χ2v) is 11.4. The molecule has 2 aromatic carbocycles. The lowest BCUT2D eigenvalue weighted by atomic mass is 9.52. The van der Waals surface area contributed by atoms with Gasteiger partial charge in [-0.05, 0) is 65.8 Å². The van der Waals surface area contributed by atoms with Crippen LogP contribution in [0.3, 0.4) is 0 Å². The molecular weight excluding hydrogens is 543 g/mol. The van der Waals surface area contributed by atoms with Crippen LogP contribution in [-0.2, 0) is 22.2 Å². The Labute approximate surface area is 242 Å². The van der Waals surface area contributed by atoms with E-state index in [9.17, 15) is 22.8 Å². The van der Waals surface area contributed by atoms with Crippen LogP contribution < -0.4 is 11.1 Å². The molecule has 1 saturated carbocycles. The zero-order valence-corrected chi connectivity index (χ0v) is 23.3. The van der Waals surface area contributed by atoms with Gasteiger partial charge in [-0.25, -0.2) is 4.68 Å². The topological polar surface area (TPSA) is 103 Å². The summed E-state index contributed by atoms with van der Waals surface area (Å²) in [5.74, 6) is -0.864. The van der Waals surface area contributed by atoms with Crippen LogP contribution in [0.2, 0.25) is 0 Å². The Morgan fingerprint density at radius 3 is 2.38 bits per heavy atom. The Morgan fingerprint density at radius 2 is 1.79 bits per heavy atom.